The van der Waals surface area contributed by atoms with Gasteiger partial charge in [0.25, 0.3) is 5.91 Å². The molecule has 7 rings (SSSR count). The summed E-state index contributed by atoms with van der Waals surface area (Å²) in [7, 11) is 0. The van der Waals surface area contributed by atoms with Crippen molar-refractivity contribution in [3.63, 3.8) is 0 Å². The fourth-order valence-electron chi connectivity index (χ4n) is 5.87. The molecule has 2 amide bonds. The minimum Gasteiger partial charge on any atom is -0.340 e. The van der Waals surface area contributed by atoms with Crippen LogP contribution in [-0.2, 0) is 29.5 Å². The molecule has 1 unspecified atom stereocenters. The van der Waals surface area contributed by atoms with E-state index in [-0.39, 0.29) is 11.8 Å². The summed E-state index contributed by atoms with van der Waals surface area (Å²) in [6, 6.07) is 17.9. The Morgan fingerprint density at radius 2 is 1.86 bits per heavy atom. The molecule has 0 fully saturated rings. The molecule has 1 spiro atoms. The van der Waals surface area contributed by atoms with Crippen molar-refractivity contribution < 1.29 is 9.59 Å². The van der Waals surface area contributed by atoms with Gasteiger partial charge in [-0.05, 0) is 72.7 Å². The first-order valence-electron chi connectivity index (χ1n) is 12.4. The molecular formula is C29H24N6O2. The van der Waals surface area contributed by atoms with Gasteiger partial charge < -0.3 is 15.5 Å². The molecule has 4 heterocycles. The topological polar surface area (TPSA) is 100 Å². The van der Waals surface area contributed by atoms with Gasteiger partial charge in [-0.1, -0.05) is 24.3 Å². The van der Waals surface area contributed by atoms with Crippen molar-refractivity contribution in [2.75, 3.05) is 22.1 Å². The highest BCUT2D eigenvalue weighted by Crippen LogP contribution is 2.47. The van der Waals surface area contributed by atoms with Crippen molar-refractivity contribution in [2.24, 2.45) is 0 Å². The van der Waals surface area contributed by atoms with E-state index in [2.05, 4.69) is 55.9 Å². The van der Waals surface area contributed by atoms with Gasteiger partial charge in [-0.2, -0.15) is 0 Å². The number of fused-ring (bicyclic) bond motifs is 4. The Balaban J connectivity index is 1.13. The van der Waals surface area contributed by atoms with Gasteiger partial charge in [-0.25, -0.2) is 15.0 Å². The lowest BCUT2D eigenvalue weighted by atomic mass is 9.79. The van der Waals surface area contributed by atoms with Crippen LogP contribution < -0.4 is 15.5 Å². The summed E-state index contributed by atoms with van der Waals surface area (Å²) in [5, 5.41) is 6.27. The third-order valence-electron chi connectivity index (χ3n) is 7.72. The van der Waals surface area contributed by atoms with Crippen molar-refractivity contribution in [1.82, 2.24) is 15.0 Å². The average molecular weight is 489 g/mol. The van der Waals surface area contributed by atoms with Gasteiger partial charge in [0.15, 0.2) is 0 Å². The molecule has 3 aliphatic rings. The number of hydrogen-bond donors (Lipinski definition) is 2. The predicted molar refractivity (Wildman–Crippen MR) is 140 cm³/mol. The van der Waals surface area contributed by atoms with Crippen LogP contribution in [0.1, 0.15) is 38.3 Å². The number of rotatable bonds is 3. The largest absolute Gasteiger partial charge is 0.340 e. The fraction of sp³-hybridized carbons (Fsp3) is 0.207. The number of carbonyl (C=O) groups excluding carboxylic acids is 2. The van der Waals surface area contributed by atoms with Gasteiger partial charge in [-0.15, -0.1) is 0 Å². The molecule has 8 nitrogen and oxygen atoms in total. The number of nitrogens with zero attached hydrogens (tertiary/aromatic N) is 4. The number of anilines is 4. The number of nitrogens with one attached hydrogen (secondary N) is 2. The lowest BCUT2D eigenvalue weighted by molar-refractivity contribution is -0.120. The maximum atomic E-state index is 13.3. The Bertz CT molecular complexity index is 1620. The number of carbonyl (C=O) groups is 2. The standard InChI is InChI=1S/C29H24N6O2/c1-17-4-5-18-8-10-35(24(18)11-17)27(36)23-13-25(32-16-31-23)33-21-7-6-19-14-29(15-20(19)12-21)22-3-2-9-30-26(22)34-28(29)37/h2-7,9,11-13,16H,8,10,14-15H2,1H3,(H,30,34,37)(H,31,32,33). The number of hydrogen-bond acceptors (Lipinski definition) is 6. The van der Waals surface area contributed by atoms with E-state index in [1.165, 1.54) is 11.9 Å². The molecule has 4 aromatic rings. The Morgan fingerprint density at radius 3 is 2.78 bits per heavy atom. The molecule has 1 atom stereocenters. The monoisotopic (exact) mass is 488 g/mol. The fourth-order valence-corrected chi connectivity index (χ4v) is 5.87. The van der Waals surface area contributed by atoms with Crippen LogP contribution in [0.2, 0.25) is 0 Å². The van der Waals surface area contributed by atoms with Gasteiger partial charge in [0, 0.05) is 35.7 Å². The molecule has 8 heteroatoms. The third-order valence-corrected chi connectivity index (χ3v) is 7.72. The second-order valence-electron chi connectivity index (χ2n) is 10.0. The minimum absolute atomic E-state index is 0.00421. The van der Waals surface area contributed by atoms with Gasteiger partial charge in [0.2, 0.25) is 5.91 Å². The Morgan fingerprint density at radius 1 is 1.00 bits per heavy atom. The van der Waals surface area contributed by atoms with Crippen LogP contribution in [0, 0.1) is 6.92 Å². The molecular weight excluding hydrogens is 464 g/mol. The Hall–Kier alpha value is -4.59. The van der Waals surface area contributed by atoms with Gasteiger partial charge in [-0.3, -0.25) is 9.59 Å². The highest BCUT2D eigenvalue weighted by Gasteiger charge is 2.51. The second kappa shape index (κ2) is 7.96. The number of benzene rings is 2. The van der Waals surface area contributed by atoms with Crippen molar-refractivity contribution >= 4 is 34.8 Å². The Kier molecular flexibility index (Phi) is 4.66. The average Bonchev–Trinajstić information content (AvgIpc) is 3.57. The molecule has 2 aromatic carbocycles. The molecule has 0 bridgehead atoms. The van der Waals surface area contributed by atoms with Crippen LogP contribution in [0.25, 0.3) is 0 Å². The highest BCUT2D eigenvalue weighted by atomic mass is 16.2. The first-order valence-corrected chi connectivity index (χ1v) is 12.4. The molecule has 0 radical (unpaired) electrons. The lowest BCUT2D eigenvalue weighted by Crippen LogP contribution is -2.35. The third kappa shape index (κ3) is 3.40. The van der Waals surface area contributed by atoms with Crippen LogP contribution in [-0.4, -0.2) is 33.3 Å². The van der Waals surface area contributed by atoms with E-state index >= 15 is 0 Å². The maximum Gasteiger partial charge on any atom is 0.277 e. The molecule has 0 saturated carbocycles. The van der Waals surface area contributed by atoms with Crippen molar-refractivity contribution in [3.8, 4) is 0 Å². The summed E-state index contributed by atoms with van der Waals surface area (Å²) in [4.78, 5) is 41.0. The summed E-state index contributed by atoms with van der Waals surface area (Å²) >= 11 is 0. The quantitative estimate of drug-likeness (QED) is 0.450. The van der Waals surface area contributed by atoms with Gasteiger partial charge in [0.05, 0.1) is 5.41 Å². The van der Waals surface area contributed by atoms with Crippen LogP contribution in [0.4, 0.5) is 23.0 Å². The SMILES string of the molecule is Cc1ccc2c(c1)N(C(=O)c1cc(Nc3ccc4c(c3)CC3(C4)C(=O)Nc4ncccc43)ncn1)CC2. The molecule has 0 saturated heterocycles. The summed E-state index contributed by atoms with van der Waals surface area (Å²) < 4.78 is 0. The van der Waals surface area contributed by atoms with Gasteiger partial charge in [0.1, 0.15) is 23.7 Å². The summed E-state index contributed by atoms with van der Waals surface area (Å²) in [5.74, 6) is 1.07. The minimum atomic E-state index is -0.608. The van der Waals surface area contributed by atoms with Crippen LogP contribution in [0.3, 0.4) is 0 Å². The zero-order valence-corrected chi connectivity index (χ0v) is 20.3. The molecule has 37 heavy (non-hydrogen) atoms. The summed E-state index contributed by atoms with van der Waals surface area (Å²) in [6.07, 6.45) is 5.22. The van der Waals surface area contributed by atoms with E-state index in [1.807, 2.05) is 25.1 Å². The second-order valence-corrected chi connectivity index (χ2v) is 10.0. The predicted octanol–water partition coefficient (Wildman–Crippen LogP) is 4.12. The van der Waals surface area contributed by atoms with Crippen LogP contribution in [0.15, 0.2) is 67.1 Å². The zero-order valence-electron chi connectivity index (χ0n) is 20.3. The van der Waals surface area contributed by atoms with E-state index in [9.17, 15) is 9.59 Å². The van der Waals surface area contributed by atoms with E-state index in [1.54, 1.807) is 17.2 Å². The van der Waals surface area contributed by atoms with Crippen molar-refractivity contribution in [3.05, 3.63) is 101 Å². The molecule has 2 N–H and O–H groups in total. The van der Waals surface area contributed by atoms with E-state index in [0.29, 0.717) is 36.7 Å². The number of amides is 2. The Labute approximate surface area is 213 Å². The van der Waals surface area contributed by atoms with Gasteiger partial charge >= 0.3 is 0 Å². The molecule has 2 aliphatic heterocycles. The summed E-state index contributed by atoms with van der Waals surface area (Å²) in [5.41, 5.74) is 7.07. The molecule has 1 aliphatic carbocycles. The highest BCUT2D eigenvalue weighted by molar-refractivity contribution is 6.07. The molecule has 182 valence electrons. The van der Waals surface area contributed by atoms with E-state index in [0.717, 1.165) is 40.0 Å². The number of pyridine rings is 1. The van der Waals surface area contributed by atoms with Crippen molar-refractivity contribution in [2.45, 2.75) is 31.6 Å². The zero-order chi connectivity index (χ0) is 25.1. The lowest BCUT2D eigenvalue weighted by Gasteiger charge is -2.20. The molecule has 2 aromatic heterocycles. The van der Waals surface area contributed by atoms with Crippen LogP contribution >= 0.6 is 0 Å². The normalized spacial score (nSPS) is 18.9. The summed E-state index contributed by atoms with van der Waals surface area (Å²) in [6.45, 7) is 2.67. The van der Waals surface area contributed by atoms with Crippen LogP contribution in [0.5, 0.6) is 0 Å². The first-order chi connectivity index (χ1) is 18.0. The van der Waals surface area contributed by atoms with Crippen molar-refractivity contribution in [1.29, 1.82) is 0 Å². The first kappa shape index (κ1) is 21.7. The maximum absolute atomic E-state index is 13.3. The smallest absolute Gasteiger partial charge is 0.277 e. The number of aryl methyl sites for hydroxylation is 1. The van der Waals surface area contributed by atoms with E-state index < -0.39 is 5.41 Å². The number of aromatic nitrogens is 3. The van der Waals surface area contributed by atoms with E-state index in [4.69, 9.17) is 0 Å².